The number of carbonyl (C=O) groups excluding carboxylic acids is 1. The maximum Gasteiger partial charge on any atom is 0.344 e. The highest BCUT2D eigenvalue weighted by Gasteiger charge is 2.13. The van der Waals surface area contributed by atoms with Crippen LogP contribution in [0.25, 0.3) is 6.08 Å². The summed E-state index contributed by atoms with van der Waals surface area (Å²) in [6.07, 6.45) is -0.246. The minimum Gasteiger partial charge on any atom is -0.428 e. The van der Waals surface area contributed by atoms with E-state index in [0.29, 0.717) is 5.56 Å². The standard InChI is InChI=1S/C21H12F6O3/c22-18(23)20(26)29-15-10-13(11-16(12-15)30-21(27)19(24)25)6-4-5-9-17(28)14-7-2-1-3-8-14/h1-12H. The molecule has 0 aliphatic carbocycles. The van der Waals surface area contributed by atoms with Crippen LogP contribution in [-0.2, 0) is 0 Å². The average Bonchev–Trinajstić information content (AvgIpc) is 2.71. The number of carbonyl (C=O) groups is 1. The zero-order valence-corrected chi connectivity index (χ0v) is 14.9. The molecule has 0 saturated carbocycles. The Morgan fingerprint density at radius 1 is 0.733 bits per heavy atom. The normalized spacial score (nSPS) is 10.9. The van der Waals surface area contributed by atoms with Crippen molar-refractivity contribution in [3.63, 3.8) is 0 Å². The fourth-order valence-corrected chi connectivity index (χ4v) is 2.10. The zero-order valence-electron chi connectivity index (χ0n) is 14.9. The summed E-state index contributed by atoms with van der Waals surface area (Å²) in [5.74, 6) is -1.42. The molecule has 0 N–H and O–H groups in total. The van der Waals surface area contributed by atoms with Gasteiger partial charge in [0.25, 0.3) is 0 Å². The molecule has 0 heterocycles. The molecular weight excluding hydrogens is 414 g/mol. The van der Waals surface area contributed by atoms with E-state index in [-0.39, 0.29) is 11.3 Å². The van der Waals surface area contributed by atoms with E-state index in [1.165, 1.54) is 24.3 Å². The lowest BCUT2D eigenvalue weighted by atomic mass is 10.1. The van der Waals surface area contributed by atoms with E-state index in [4.69, 9.17) is 0 Å². The predicted octanol–water partition coefficient (Wildman–Crippen LogP) is 6.97. The van der Waals surface area contributed by atoms with Gasteiger partial charge in [-0.2, -0.15) is 26.3 Å². The quantitative estimate of drug-likeness (QED) is 0.150. The van der Waals surface area contributed by atoms with Crippen molar-refractivity contribution in [2.75, 3.05) is 0 Å². The smallest absolute Gasteiger partial charge is 0.344 e. The van der Waals surface area contributed by atoms with Crippen molar-refractivity contribution in [2.45, 2.75) is 0 Å². The summed E-state index contributed by atoms with van der Waals surface area (Å²) in [5.41, 5.74) is 0.540. The van der Waals surface area contributed by atoms with E-state index in [1.807, 2.05) is 0 Å². The minimum absolute atomic E-state index is 0.0958. The molecule has 30 heavy (non-hydrogen) atoms. The van der Waals surface area contributed by atoms with Crippen molar-refractivity contribution >= 4 is 11.9 Å². The first-order chi connectivity index (χ1) is 14.3. The van der Waals surface area contributed by atoms with Crippen molar-refractivity contribution < 1.29 is 40.6 Å². The summed E-state index contributed by atoms with van der Waals surface area (Å²) in [6, 6.07) is 6.76. The summed E-state index contributed by atoms with van der Waals surface area (Å²) < 4.78 is 83.4. The molecule has 0 amide bonds. The van der Waals surface area contributed by atoms with Gasteiger partial charge in [0, 0.05) is 11.6 Å². The third kappa shape index (κ3) is 7.01. The Labute approximate surface area is 166 Å². The molecule has 2 aromatic rings. The van der Waals surface area contributed by atoms with E-state index in [1.54, 1.807) is 30.3 Å². The number of allylic oxidation sites excluding steroid dienone is 3. The second-order valence-corrected chi connectivity index (χ2v) is 5.46. The number of ketones is 1. The van der Waals surface area contributed by atoms with Crippen LogP contribution >= 0.6 is 0 Å². The van der Waals surface area contributed by atoms with Crippen molar-refractivity contribution in [1.29, 1.82) is 0 Å². The number of rotatable bonds is 8. The number of benzene rings is 2. The van der Waals surface area contributed by atoms with Crippen molar-refractivity contribution in [1.82, 2.24) is 0 Å². The molecule has 0 aliphatic heterocycles. The van der Waals surface area contributed by atoms with Crippen LogP contribution in [-0.4, -0.2) is 5.78 Å². The molecule has 3 nitrogen and oxygen atoms in total. The molecular formula is C21H12F6O3. The maximum atomic E-state index is 13.0. The van der Waals surface area contributed by atoms with Crippen molar-refractivity contribution in [3.05, 3.63) is 102 Å². The van der Waals surface area contributed by atoms with E-state index in [9.17, 15) is 31.1 Å². The minimum atomic E-state index is -2.75. The molecule has 0 fully saturated rings. The number of hydrogen-bond donors (Lipinski definition) is 0. The van der Waals surface area contributed by atoms with Crippen LogP contribution in [0.1, 0.15) is 15.9 Å². The fourth-order valence-electron chi connectivity index (χ4n) is 2.10. The second kappa shape index (κ2) is 10.7. The Morgan fingerprint density at radius 3 is 1.77 bits per heavy atom. The van der Waals surface area contributed by atoms with Crippen LogP contribution in [0.15, 0.2) is 90.9 Å². The van der Waals surface area contributed by atoms with Gasteiger partial charge in [0.15, 0.2) is 5.78 Å². The van der Waals surface area contributed by atoms with E-state index < -0.39 is 35.7 Å². The molecule has 9 heteroatoms. The van der Waals surface area contributed by atoms with E-state index in [0.717, 1.165) is 18.2 Å². The van der Waals surface area contributed by atoms with Crippen LogP contribution in [0, 0.1) is 0 Å². The summed E-state index contributed by atoms with van der Waals surface area (Å²) in [7, 11) is 0. The second-order valence-electron chi connectivity index (χ2n) is 5.46. The van der Waals surface area contributed by atoms with Crippen LogP contribution in [0.2, 0.25) is 0 Å². The van der Waals surface area contributed by atoms with Gasteiger partial charge in [-0.3, -0.25) is 4.79 Å². The Hall–Kier alpha value is -3.75. The highest BCUT2D eigenvalue weighted by atomic mass is 19.3. The molecule has 2 rings (SSSR count). The molecule has 0 atom stereocenters. The van der Waals surface area contributed by atoms with Gasteiger partial charge >= 0.3 is 24.2 Å². The molecule has 0 aliphatic rings. The van der Waals surface area contributed by atoms with Gasteiger partial charge < -0.3 is 9.47 Å². The van der Waals surface area contributed by atoms with Crippen LogP contribution in [0.5, 0.6) is 11.5 Å². The van der Waals surface area contributed by atoms with Gasteiger partial charge in [0.1, 0.15) is 11.5 Å². The lowest BCUT2D eigenvalue weighted by Gasteiger charge is -2.08. The van der Waals surface area contributed by atoms with Gasteiger partial charge in [-0.05, 0) is 23.8 Å². The lowest BCUT2D eigenvalue weighted by molar-refractivity contribution is 0.104. The summed E-state index contributed by atoms with van der Waals surface area (Å²) in [5, 5.41) is 0. The highest BCUT2D eigenvalue weighted by Crippen LogP contribution is 2.29. The Morgan fingerprint density at radius 2 is 1.27 bits per heavy atom. The highest BCUT2D eigenvalue weighted by molar-refractivity contribution is 6.04. The van der Waals surface area contributed by atoms with Gasteiger partial charge in [0.2, 0.25) is 0 Å². The maximum absolute atomic E-state index is 13.0. The summed E-state index contributed by atoms with van der Waals surface area (Å²) >= 11 is 0. The van der Waals surface area contributed by atoms with Crippen LogP contribution in [0.4, 0.5) is 26.3 Å². The van der Waals surface area contributed by atoms with E-state index >= 15 is 0 Å². The topological polar surface area (TPSA) is 35.5 Å². The first-order valence-electron chi connectivity index (χ1n) is 8.12. The lowest BCUT2D eigenvalue weighted by Crippen LogP contribution is -1.95. The number of halogens is 6. The molecule has 0 saturated heterocycles. The molecule has 0 bridgehead atoms. The Bertz CT molecular complexity index is 974. The summed E-state index contributed by atoms with van der Waals surface area (Å²) in [6.45, 7) is 0. The SMILES string of the molecule is O=C(C=CC=Cc1cc(OC(F)=C(F)F)cc(OC(F)=C(F)F)c1)c1ccccc1. The average molecular weight is 426 g/mol. The number of hydrogen-bond acceptors (Lipinski definition) is 3. The number of ether oxygens (including phenoxy) is 2. The Balaban J connectivity index is 2.25. The van der Waals surface area contributed by atoms with Crippen molar-refractivity contribution in [3.8, 4) is 11.5 Å². The first kappa shape index (κ1) is 22.5. The van der Waals surface area contributed by atoms with Gasteiger partial charge in [0.05, 0.1) is 0 Å². The zero-order chi connectivity index (χ0) is 22.1. The molecule has 0 spiro atoms. The summed E-state index contributed by atoms with van der Waals surface area (Å²) in [4.78, 5) is 11.9. The first-order valence-corrected chi connectivity index (χ1v) is 8.12. The van der Waals surface area contributed by atoms with Gasteiger partial charge in [-0.1, -0.05) is 48.6 Å². The molecule has 0 radical (unpaired) electrons. The third-order valence-corrected chi connectivity index (χ3v) is 3.32. The van der Waals surface area contributed by atoms with Crippen molar-refractivity contribution in [2.24, 2.45) is 0 Å². The Kier molecular flexibility index (Phi) is 8.04. The fraction of sp³-hybridized carbons (Fsp3) is 0. The molecule has 0 aromatic heterocycles. The predicted molar refractivity (Wildman–Crippen MR) is 97.3 cm³/mol. The van der Waals surface area contributed by atoms with Gasteiger partial charge in [-0.15, -0.1) is 0 Å². The molecule has 0 unspecified atom stereocenters. The third-order valence-electron chi connectivity index (χ3n) is 3.32. The van der Waals surface area contributed by atoms with Crippen LogP contribution in [0.3, 0.4) is 0 Å². The van der Waals surface area contributed by atoms with E-state index in [2.05, 4.69) is 9.47 Å². The molecule has 156 valence electrons. The monoisotopic (exact) mass is 426 g/mol. The van der Waals surface area contributed by atoms with Gasteiger partial charge in [-0.25, -0.2) is 0 Å². The largest absolute Gasteiger partial charge is 0.428 e. The van der Waals surface area contributed by atoms with Crippen LogP contribution < -0.4 is 9.47 Å². The molecule has 2 aromatic carbocycles.